The molecule has 0 fully saturated rings. The van der Waals surface area contributed by atoms with Crippen LogP contribution in [0.5, 0.6) is 0 Å². The fourth-order valence-electron chi connectivity index (χ4n) is 8.27. The van der Waals surface area contributed by atoms with Gasteiger partial charge in [0.05, 0.1) is 22.7 Å². The van der Waals surface area contributed by atoms with E-state index in [1.807, 2.05) is 0 Å². The summed E-state index contributed by atoms with van der Waals surface area (Å²) in [6.07, 6.45) is 0. The van der Waals surface area contributed by atoms with Crippen LogP contribution in [0.15, 0.2) is 218 Å². The van der Waals surface area contributed by atoms with E-state index in [1.165, 1.54) is 44.8 Å². The molecule has 2 heterocycles. The number of fused-ring (bicyclic) bond motifs is 2. The van der Waals surface area contributed by atoms with Crippen molar-refractivity contribution in [2.75, 3.05) is 19.2 Å². The second kappa shape index (κ2) is 13.6. The highest BCUT2D eigenvalue weighted by molar-refractivity contribution is 6.85. The molecule has 0 unspecified atom stereocenters. The van der Waals surface area contributed by atoms with Gasteiger partial charge in [0, 0.05) is 22.7 Å². The van der Waals surface area contributed by atoms with Crippen LogP contribution < -0.4 is 30.2 Å². The fourth-order valence-corrected chi connectivity index (χ4v) is 8.27. The standard InChI is InChI=1S/C48H36B2N4/c1-5-17-41(18-6-1)51-45-25-13-14-26-46(45)52(42-19-7-2-8-20-42)49(51)39-33-29-37(30-34-39)38-31-35-40(36-32-38)50-53(43-21-9-3-10-22-43)47-27-15-16-28-48(47)54(50)44-23-11-4-12-24-44/h1-36H. The van der Waals surface area contributed by atoms with Crippen LogP contribution >= 0.6 is 0 Å². The van der Waals surface area contributed by atoms with E-state index >= 15 is 0 Å². The predicted molar refractivity (Wildman–Crippen MR) is 230 cm³/mol. The van der Waals surface area contributed by atoms with Gasteiger partial charge in [-0.2, -0.15) is 0 Å². The number of hydrogen-bond acceptors (Lipinski definition) is 4. The molecule has 254 valence electrons. The van der Waals surface area contributed by atoms with Gasteiger partial charge in [-0.1, -0.05) is 146 Å². The van der Waals surface area contributed by atoms with Crippen LogP contribution in [0.3, 0.4) is 0 Å². The van der Waals surface area contributed by atoms with Gasteiger partial charge in [-0.3, -0.25) is 0 Å². The lowest BCUT2D eigenvalue weighted by Crippen LogP contribution is -2.53. The third kappa shape index (κ3) is 5.43. The first-order chi connectivity index (χ1) is 26.8. The molecule has 2 aliphatic rings. The van der Waals surface area contributed by atoms with Gasteiger partial charge in [0.1, 0.15) is 0 Å². The molecule has 0 aliphatic carbocycles. The van der Waals surface area contributed by atoms with Crippen molar-refractivity contribution in [2.24, 2.45) is 0 Å². The first-order valence-corrected chi connectivity index (χ1v) is 18.6. The number of anilines is 8. The van der Waals surface area contributed by atoms with Gasteiger partial charge >= 0.3 is 14.0 Å². The van der Waals surface area contributed by atoms with E-state index in [2.05, 4.69) is 238 Å². The molecule has 0 bridgehead atoms. The van der Waals surface area contributed by atoms with Crippen LogP contribution in [-0.2, 0) is 0 Å². The topological polar surface area (TPSA) is 13.0 Å². The zero-order valence-electron chi connectivity index (χ0n) is 29.7. The van der Waals surface area contributed by atoms with Crippen LogP contribution in [-0.4, -0.2) is 14.0 Å². The highest BCUT2D eigenvalue weighted by Gasteiger charge is 2.44. The van der Waals surface area contributed by atoms with E-state index in [0.29, 0.717) is 0 Å². The van der Waals surface area contributed by atoms with Crippen molar-refractivity contribution in [1.29, 1.82) is 0 Å². The van der Waals surface area contributed by atoms with Crippen molar-refractivity contribution in [3.05, 3.63) is 218 Å². The highest BCUT2D eigenvalue weighted by Crippen LogP contribution is 2.47. The summed E-state index contributed by atoms with van der Waals surface area (Å²) >= 11 is 0. The van der Waals surface area contributed by atoms with Gasteiger partial charge in [0.2, 0.25) is 0 Å². The smallest absolute Gasteiger partial charge is 0.360 e. The molecule has 0 spiro atoms. The number of nitrogens with zero attached hydrogens (tertiary/aromatic N) is 4. The Bertz CT molecular complexity index is 2200. The van der Waals surface area contributed by atoms with Gasteiger partial charge in [0.25, 0.3) is 0 Å². The molecule has 8 aromatic rings. The minimum Gasteiger partial charge on any atom is -0.360 e. The third-order valence-corrected chi connectivity index (χ3v) is 10.7. The minimum absolute atomic E-state index is 0.0550. The first-order valence-electron chi connectivity index (χ1n) is 18.6. The fraction of sp³-hybridized carbons (Fsp3) is 0. The maximum atomic E-state index is 2.46. The van der Waals surface area contributed by atoms with Crippen LogP contribution in [0.2, 0.25) is 0 Å². The number of hydrogen-bond donors (Lipinski definition) is 0. The Morgan fingerprint density at radius 3 is 0.685 bits per heavy atom. The number of benzene rings is 8. The third-order valence-electron chi connectivity index (χ3n) is 10.7. The summed E-state index contributed by atoms with van der Waals surface area (Å²) in [7, 11) is 0. The molecule has 6 heteroatoms. The van der Waals surface area contributed by atoms with E-state index in [-0.39, 0.29) is 14.0 Å². The SMILES string of the molecule is c1ccc(N2B(c3ccc(-c4ccc(B5N(c6ccccc6)c6ccccc6N5c5ccccc5)cc4)cc3)N(c3ccccc3)c3ccccc32)cc1. The summed E-state index contributed by atoms with van der Waals surface area (Å²) in [6, 6.07) is 78.7. The first kappa shape index (κ1) is 31.8. The van der Waals surface area contributed by atoms with Gasteiger partial charge in [-0.05, 0) is 94.8 Å². The van der Waals surface area contributed by atoms with Gasteiger partial charge < -0.3 is 19.2 Å². The van der Waals surface area contributed by atoms with Crippen LogP contribution in [0.4, 0.5) is 45.5 Å². The Morgan fingerprint density at radius 2 is 0.444 bits per heavy atom. The molecule has 0 N–H and O–H groups in total. The quantitative estimate of drug-likeness (QED) is 0.154. The van der Waals surface area contributed by atoms with Crippen molar-refractivity contribution >= 4 is 70.4 Å². The molecule has 4 nitrogen and oxygen atoms in total. The Hall–Kier alpha value is -6.91. The molecular weight excluding hydrogens is 654 g/mol. The molecule has 0 saturated heterocycles. The summed E-state index contributed by atoms with van der Waals surface area (Å²) in [5.74, 6) is 0. The Kier molecular flexibility index (Phi) is 7.99. The lowest BCUT2D eigenvalue weighted by molar-refractivity contribution is 1.39. The molecule has 0 aromatic heterocycles. The van der Waals surface area contributed by atoms with Crippen LogP contribution in [0.1, 0.15) is 0 Å². The molecule has 0 atom stereocenters. The second-order valence-corrected chi connectivity index (χ2v) is 13.8. The maximum absolute atomic E-state index is 2.46. The maximum Gasteiger partial charge on any atom is 0.420 e. The Morgan fingerprint density at radius 1 is 0.222 bits per heavy atom. The van der Waals surface area contributed by atoms with Crippen LogP contribution in [0, 0.1) is 0 Å². The van der Waals surface area contributed by atoms with Crippen molar-refractivity contribution in [3.63, 3.8) is 0 Å². The number of para-hydroxylation sites is 8. The molecule has 0 amide bonds. The Balaban J connectivity index is 1.02. The highest BCUT2D eigenvalue weighted by atomic mass is 15.3. The monoisotopic (exact) mass is 690 g/mol. The van der Waals surface area contributed by atoms with E-state index < -0.39 is 0 Å². The van der Waals surface area contributed by atoms with E-state index in [0.717, 1.165) is 22.7 Å². The molecular formula is C48H36B2N4. The molecule has 8 aromatic carbocycles. The van der Waals surface area contributed by atoms with Crippen molar-refractivity contribution < 1.29 is 0 Å². The summed E-state index contributed by atoms with van der Waals surface area (Å²) in [5, 5.41) is 0. The number of rotatable bonds is 7. The van der Waals surface area contributed by atoms with E-state index in [4.69, 9.17) is 0 Å². The van der Waals surface area contributed by atoms with Crippen molar-refractivity contribution in [2.45, 2.75) is 0 Å². The molecule has 10 rings (SSSR count). The zero-order valence-corrected chi connectivity index (χ0v) is 29.7. The van der Waals surface area contributed by atoms with E-state index in [9.17, 15) is 0 Å². The van der Waals surface area contributed by atoms with Crippen molar-refractivity contribution in [1.82, 2.24) is 0 Å². The predicted octanol–water partition coefficient (Wildman–Crippen LogP) is 10.7. The normalized spacial score (nSPS) is 13.3. The summed E-state index contributed by atoms with van der Waals surface area (Å²) < 4.78 is 0. The average Bonchev–Trinajstić information content (AvgIpc) is 3.79. The average molecular weight is 690 g/mol. The molecule has 54 heavy (non-hydrogen) atoms. The minimum atomic E-state index is -0.0550. The van der Waals surface area contributed by atoms with Gasteiger partial charge in [-0.15, -0.1) is 0 Å². The lowest BCUT2D eigenvalue weighted by atomic mass is 9.64. The molecule has 2 aliphatic heterocycles. The van der Waals surface area contributed by atoms with Gasteiger partial charge in [-0.25, -0.2) is 0 Å². The molecule has 0 saturated carbocycles. The summed E-state index contributed by atoms with van der Waals surface area (Å²) in [5.41, 5.74) is 14.3. The largest absolute Gasteiger partial charge is 0.420 e. The van der Waals surface area contributed by atoms with Crippen LogP contribution in [0.25, 0.3) is 11.1 Å². The summed E-state index contributed by atoms with van der Waals surface area (Å²) in [4.78, 5) is 9.84. The Labute approximate surface area is 318 Å². The molecule has 0 radical (unpaired) electrons. The second-order valence-electron chi connectivity index (χ2n) is 13.8. The lowest BCUT2D eigenvalue weighted by Gasteiger charge is -2.30. The van der Waals surface area contributed by atoms with E-state index in [1.54, 1.807) is 0 Å². The van der Waals surface area contributed by atoms with Crippen molar-refractivity contribution in [3.8, 4) is 11.1 Å². The summed E-state index contributed by atoms with van der Waals surface area (Å²) in [6.45, 7) is -0.110. The van der Waals surface area contributed by atoms with Gasteiger partial charge in [0.15, 0.2) is 0 Å². The zero-order chi connectivity index (χ0) is 35.8.